The first-order chi connectivity index (χ1) is 31.5. The standard InChI is InChI=1S/C24H31NO2.C24H32O8.F6P/c1-18-12-19(2)14-23(13-18)24(26)27-17-22-10-8-21(9-11-22)16-25-15-20-6-4-3-5-7-20;1-2-6-22-21(5-1)29-17-13-25-9-10-27-15-19-31-23-7-3-4-8-24(23)32-20-16-28-12-11-26-14-18-30-22;1-7(2,3,4,5)6/h8-14,20,25H,3-7,15-17H2,1-2H3;1-8H,9-20H2;/q;;-1/p+1. The van der Waals surface area contributed by atoms with Gasteiger partial charge in [-0.15, -0.1) is 0 Å². The number of carbonyl (C=O) groups excluding carboxylic acids is 1. The predicted molar refractivity (Wildman–Crippen MR) is 240 cm³/mol. The Morgan fingerprint density at radius 1 is 0.545 bits per heavy atom. The summed E-state index contributed by atoms with van der Waals surface area (Å²) in [6.07, 6.45) is 7.05. The van der Waals surface area contributed by atoms with Crippen molar-refractivity contribution in [3.8, 4) is 23.0 Å². The van der Waals surface area contributed by atoms with Gasteiger partial charge in [-0.1, -0.05) is 85.0 Å². The molecule has 4 aromatic rings. The number of para-hydroxylation sites is 4. The van der Waals surface area contributed by atoms with Crippen molar-refractivity contribution < 1.29 is 77.9 Å². The van der Waals surface area contributed by atoms with Crippen LogP contribution < -0.4 is 24.3 Å². The number of ether oxygens (including phenoxy) is 9. The van der Waals surface area contributed by atoms with Gasteiger partial charge in [0.2, 0.25) is 0 Å². The normalized spacial score (nSPS) is 17.4. The van der Waals surface area contributed by atoms with Gasteiger partial charge in [-0.2, -0.15) is 0 Å². The molecular formula is C48H64F6NO10P. The Morgan fingerprint density at radius 3 is 1.30 bits per heavy atom. The first-order valence-electron chi connectivity index (χ1n) is 22.2. The average molecular weight is 960 g/mol. The average Bonchev–Trinajstić information content (AvgIpc) is 3.27. The third-order valence-electron chi connectivity index (χ3n) is 9.84. The summed E-state index contributed by atoms with van der Waals surface area (Å²) in [6, 6.07) is 29.4. The first-order valence-corrected chi connectivity index (χ1v) is 24.2. The van der Waals surface area contributed by atoms with E-state index in [1.54, 1.807) is 0 Å². The molecule has 1 saturated carbocycles. The van der Waals surface area contributed by atoms with Crippen molar-refractivity contribution in [2.75, 3.05) is 85.8 Å². The zero-order valence-corrected chi connectivity index (χ0v) is 38.6. The molecule has 0 spiro atoms. The van der Waals surface area contributed by atoms with Gasteiger partial charge in [0, 0.05) is 11.5 Å². The molecule has 11 nitrogen and oxygen atoms in total. The van der Waals surface area contributed by atoms with E-state index in [1.807, 2.05) is 74.5 Å². The van der Waals surface area contributed by atoms with Crippen LogP contribution in [0.15, 0.2) is 91.0 Å². The van der Waals surface area contributed by atoms with Crippen LogP contribution in [0.3, 0.4) is 0 Å². The van der Waals surface area contributed by atoms with Gasteiger partial charge in [0.1, 0.15) is 39.6 Å². The SMILES string of the molecule is Cc1cc(C)cc(C(=O)OCc2ccc(C[NH2+]CC3CCCCC3)cc2)c1.F[P-](F)(F)(F)(F)F.c1ccc2c(c1)OCCOCCOCCOc1ccccc1OCCOCCOCCO2. The Labute approximate surface area is 383 Å². The summed E-state index contributed by atoms with van der Waals surface area (Å²) in [5.41, 5.74) is 5.15. The molecule has 1 aliphatic carbocycles. The topological polar surface area (TPSA) is 117 Å². The summed E-state index contributed by atoms with van der Waals surface area (Å²) in [6.45, 7) is 12.1. The van der Waals surface area contributed by atoms with Gasteiger partial charge in [-0.25, -0.2) is 4.79 Å². The molecule has 66 heavy (non-hydrogen) atoms. The molecule has 1 fully saturated rings. The van der Waals surface area contributed by atoms with Crippen LogP contribution >= 0.6 is 7.81 Å². The Kier molecular flexibility index (Phi) is 22.3. The fourth-order valence-corrected chi connectivity index (χ4v) is 6.87. The van der Waals surface area contributed by atoms with Crippen molar-refractivity contribution in [1.29, 1.82) is 0 Å². The van der Waals surface area contributed by atoms with E-state index in [1.165, 1.54) is 44.2 Å². The van der Waals surface area contributed by atoms with Crippen LogP contribution in [0.4, 0.5) is 25.2 Å². The monoisotopic (exact) mass is 959 g/mol. The smallest absolute Gasteiger partial charge is 0.161 e. The second-order valence-electron chi connectivity index (χ2n) is 15.7. The van der Waals surface area contributed by atoms with Crippen molar-refractivity contribution in [1.82, 2.24) is 0 Å². The van der Waals surface area contributed by atoms with Crippen molar-refractivity contribution >= 4 is 13.8 Å². The second kappa shape index (κ2) is 27.2. The minimum Gasteiger partial charge on any atom is -0.487 e. The Morgan fingerprint density at radius 2 is 0.909 bits per heavy atom. The van der Waals surface area contributed by atoms with Gasteiger partial charge in [0.05, 0.1) is 65.0 Å². The van der Waals surface area contributed by atoms with Crippen LogP contribution in [0.25, 0.3) is 0 Å². The molecule has 0 amide bonds. The van der Waals surface area contributed by atoms with E-state index in [0.717, 1.165) is 29.2 Å². The molecular weight excluding hydrogens is 895 g/mol. The van der Waals surface area contributed by atoms with Crippen molar-refractivity contribution in [3.05, 3.63) is 119 Å². The summed E-state index contributed by atoms with van der Waals surface area (Å²) in [4.78, 5) is 12.3. The van der Waals surface area contributed by atoms with Gasteiger partial charge >= 0.3 is 39.0 Å². The van der Waals surface area contributed by atoms with Crippen molar-refractivity contribution in [2.45, 2.75) is 59.1 Å². The number of quaternary nitrogens is 1. The molecule has 4 aromatic carbocycles. The molecule has 0 unspecified atom stereocenters. The molecule has 6 rings (SSSR count). The fourth-order valence-electron chi connectivity index (χ4n) is 6.87. The zero-order valence-electron chi connectivity index (χ0n) is 37.8. The molecule has 0 atom stereocenters. The number of benzene rings is 4. The maximum Gasteiger partial charge on any atom is 0.161 e. The molecule has 368 valence electrons. The third-order valence-corrected chi connectivity index (χ3v) is 9.84. The van der Waals surface area contributed by atoms with E-state index in [0.29, 0.717) is 114 Å². The number of halogens is 6. The van der Waals surface area contributed by atoms with Crippen LogP contribution in [0.5, 0.6) is 23.0 Å². The van der Waals surface area contributed by atoms with Crippen molar-refractivity contribution in [3.63, 3.8) is 0 Å². The van der Waals surface area contributed by atoms with Crippen LogP contribution in [-0.4, -0.2) is 91.8 Å². The molecule has 0 bridgehead atoms. The number of hydrogen-bond donors (Lipinski definition) is 1. The van der Waals surface area contributed by atoms with Gasteiger partial charge < -0.3 is 47.9 Å². The second-order valence-corrected chi connectivity index (χ2v) is 17.6. The van der Waals surface area contributed by atoms with E-state index in [4.69, 9.17) is 42.6 Å². The number of hydrogen-bond acceptors (Lipinski definition) is 10. The summed E-state index contributed by atoms with van der Waals surface area (Å²) in [5, 5.41) is 2.44. The third kappa shape index (κ3) is 25.9. The van der Waals surface area contributed by atoms with Gasteiger partial charge in [0.15, 0.2) is 23.0 Å². The minimum absolute atomic E-state index is 0.258. The molecule has 1 aliphatic heterocycles. The van der Waals surface area contributed by atoms with E-state index >= 15 is 0 Å². The maximum atomic E-state index is 12.3. The molecule has 0 radical (unpaired) electrons. The Bertz CT molecular complexity index is 1850. The summed E-state index contributed by atoms with van der Waals surface area (Å²) >= 11 is 0. The molecule has 2 aliphatic rings. The predicted octanol–water partition coefficient (Wildman–Crippen LogP) is 10.7. The van der Waals surface area contributed by atoms with Gasteiger partial charge in [0.25, 0.3) is 0 Å². The number of carbonyl (C=O) groups is 1. The van der Waals surface area contributed by atoms with Gasteiger partial charge in [-0.3, -0.25) is 0 Å². The number of fused-ring (bicyclic) bond motifs is 2. The minimum atomic E-state index is -10.7. The number of rotatable bonds is 7. The molecule has 0 saturated heterocycles. The summed E-state index contributed by atoms with van der Waals surface area (Å²) in [5.74, 6) is 3.38. The quantitative estimate of drug-likeness (QED) is 0.109. The summed E-state index contributed by atoms with van der Waals surface area (Å²) in [7, 11) is -10.7. The van der Waals surface area contributed by atoms with E-state index < -0.39 is 7.81 Å². The number of aryl methyl sites for hydroxylation is 2. The molecule has 0 aromatic heterocycles. The van der Waals surface area contributed by atoms with E-state index in [-0.39, 0.29) is 5.97 Å². The largest absolute Gasteiger partial charge is 0.487 e. The number of nitrogens with two attached hydrogens (primary N) is 1. The molecule has 2 N–H and O–H groups in total. The van der Waals surface area contributed by atoms with Crippen LogP contribution in [0.2, 0.25) is 0 Å². The van der Waals surface area contributed by atoms with Crippen LogP contribution in [0, 0.1) is 19.8 Å². The Balaban J connectivity index is 0.000000255. The van der Waals surface area contributed by atoms with E-state index in [2.05, 4.69) is 35.6 Å². The van der Waals surface area contributed by atoms with E-state index in [9.17, 15) is 30.0 Å². The van der Waals surface area contributed by atoms with Crippen LogP contribution in [0.1, 0.15) is 64.7 Å². The number of esters is 1. The van der Waals surface area contributed by atoms with Gasteiger partial charge in [-0.05, 0) is 68.7 Å². The summed E-state index contributed by atoms with van der Waals surface area (Å²) < 4.78 is 110. The molecule has 1 heterocycles. The fraction of sp³-hybridized carbons (Fsp3) is 0.479. The van der Waals surface area contributed by atoms with Crippen LogP contribution in [-0.2, 0) is 36.8 Å². The molecule has 18 heteroatoms. The maximum absolute atomic E-state index is 12.3. The first kappa shape index (κ1) is 54.0. The Hall–Kier alpha value is -4.64. The zero-order chi connectivity index (χ0) is 47.6. The van der Waals surface area contributed by atoms with Crippen molar-refractivity contribution in [2.24, 2.45) is 5.92 Å².